The molecule has 1 aliphatic heterocycles. The highest BCUT2D eigenvalue weighted by atomic mass is 79.9. The summed E-state index contributed by atoms with van der Waals surface area (Å²) in [5.41, 5.74) is 2.72. The zero-order valence-corrected chi connectivity index (χ0v) is 17.0. The minimum Gasteiger partial charge on any atom is -0.317 e. The highest BCUT2D eigenvalue weighted by Crippen LogP contribution is 2.24. The van der Waals surface area contributed by atoms with Gasteiger partial charge in [-0.2, -0.15) is 0 Å². The molecule has 0 spiro atoms. The van der Waals surface area contributed by atoms with Crippen molar-refractivity contribution in [3.63, 3.8) is 0 Å². The fourth-order valence-corrected chi connectivity index (χ4v) is 3.42. The predicted molar refractivity (Wildman–Crippen MR) is 114 cm³/mol. The molecule has 144 valence electrons. The third-order valence-electron chi connectivity index (χ3n) is 4.54. The van der Waals surface area contributed by atoms with Crippen molar-refractivity contribution in [2.75, 3.05) is 4.90 Å². The van der Waals surface area contributed by atoms with Crippen LogP contribution in [0.4, 0.5) is 10.5 Å². The molecule has 7 heteroatoms. The molecule has 0 aliphatic carbocycles. The number of benzene rings is 2. The van der Waals surface area contributed by atoms with Crippen LogP contribution in [-0.4, -0.2) is 22.4 Å². The zero-order valence-electron chi connectivity index (χ0n) is 15.4. The van der Waals surface area contributed by atoms with Crippen molar-refractivity contribution in [2.24, 2.45) is 0 Å². The van der Waals surface area contributed by atoms with Gasteiger partial charge in [0, 0.05) is 22.1 Å². The third-order valence-corrected chi connectivity index (χ3v) is 5.07. The second kappa shape index (κ2) is 7.52. The van der Waals surface area contributed by atoms with Crippen LogP contribution in [-0.2, 0) is 9.59 Å². The summed E-state index contributed by atoms with van der Waals surface area (Å²) in [5.74, 6) is -1.37. The van der Waals surface area contributed by atoms with E-state index in [1.807, 2.05) is 54.1 Å². The van der Waals surface area contributed by atoms with E-state index in [0.717, 1.165) is 20.6 Å². The van der Waals surface area contributed by atoms with E-state index in [1.165, 1.54) is 6.08 Å². The first-order valence-corrected chi connectivity index (χ1v) is 9.65. The predicted octanol–water partition coefficient (Wildman–Crippen LogP) is 4.21. The zero-order chi connectivity index (χ0) is 20.5. The minimum atomic E-state index is -0.758. The Balaban J connectivity index is 1.75. The lowest BCUT2D eigenvalue weighted by molar-refractivity contribution is -0.122. The summed E-state index contributed by atoms with van der Waals surface area (Å²) in [6, 6.07) is 17.5. The Labute approximate surface area is 175 Å². The van der Waals surface area contributed by atoms with Gasteiger partial charge in [0.1, 0.15) is 5.57 Å². The van der Waals surface area contributed by atoms with Crippen LogP contribution in [0.2, 0.25) is 0 Å². The maximum atomic E-state index is 13.0. The number of rotatable bonds is 3. The van der Waals surface area contributed by atoms with E-state index >= 15 is 0 Å². The molecule has 1 fully saturated rings. The molecule has 6 nitrogen and oxygen atoms in total. The molecule has 1 saturated heterocycles. The van der Waals surface area contributed by atoms with E-state index in [2.05, 4.69) is 21.2 Å². The summed E-state index contributed by atoms with van der Waals surface area (Å²) in [7, 11) is 0. The molecule has 0 unspecified atom stereocenters. The Hall–Kier alpha value is -3.45. The van der Waals surface area contributed by atoms with E-state index < -0.39 is 17.8 Å². The fourth-order valence-electron chi connectivity index (χ4n) is 3.16. The Bertz CT molecular complexity index is 1160. The summed E-state index contributed by atoms with van der Waals surface area (Å²) in [4.78, 5) is 38.8. The van der Waals surface area contributed by atoms with E-state index in [4.69, 9.17) is 0 Å². The number of urea groups is 1. The number of nitrogens with one attached hydrogen (secondary N) is 1. The molecule has 3 aromatic rings. The Morgan fingerprint density at radius 2 is 1.69 bits per heavy atom. The van der Waals surface area contributed by atoms with E-state index in [9.17, 15) is 14.4 Å². The second-order valence-electron chi connectivity index (χ2n) is 6.58. The molecule has 1 aliphatic rings. The molecule has 2 heterocycles. The van der Waals surface area contributed by atoms with Crippen LogP contribution in [0.1, 0.15) is 11.3 Å². The number of nitrogens with zero attached hydrogens (tertiary/aromatic N) is 2. The quantitative estimate of drug-likeness (QED) is 0.480. The lowest BCUT2D eigenvalue weighted by Gasteiger charge is -2.26. The van der Waals surface area contributed by atoms with Gasteiger partial charge >= 0.3 is 6.03 Å². The van der Waals surface area contributed by atoms with Crippen LogP contribution in [0.25, 0.3) is 11.8 Å². The lowest BCUT2D eigenvalue weighted by Crippen LogP contribution is -2.54. The maximum absolute atomic E-state index is 13.0. The van der Waals surface area contributed by atoms with Crippen LogP contribution in [0, 0.1) is 6.92 Å². The monoisotopic (exact) mass is 449 g/mol. The number of aromatic nitrogens is 1. The number of amides is 4. The summed E-state index contributed by atoms with van der Waals surface area (Å²) >= 11 is 3.41. The lowest BCUT2D eigenvalue weighted by atomic mass is 10.1. The third kappa shape index (κ3) is 3.64. The molecule has 4 rings (SSSR count). The van der Waals surface area contributed by atoms with Crippen molar-refractivity contribution in [1.82, 2.24) is 9.88 Å². The average molecular weight is 450 g/mol. The first-order valence-electron chi connectivity index (χ1n) is 8.85. The van der Waals surface area contributed by atoms with Crippen molar-refractivity contribution >= 4 is 45.5 Å². The number of carbonyl (C=O) groups excluding carboxylic acids is 3. The van der Waals surface area contributed by atoms with Crippen LogP contribution in [0.15, 0.2) is 76.9 Å². The summed E-state index contributed by atoms with van der Waals surface area (Å²) < 4.78 is 2.80. The van der Waals surface area contributed by atoms with Crippen molar-refractivity contribution in [3.05, 3.63) is 88.2 Å². The molecule has 2 aromatic carbocycles. The minimum absolute atomic E-state index is 0.108. The van der Waals surface area contributed by atoms with Gasteiger partial charge in [0.25, 0.3) is 11.8 Å². The Morgan fingerprint density at radius 3 is 2.41 bits per heavy atom. The molecule has 0 radical (unpaired) electrons. The second-order valence-corrected chi connectivity index (χ2v) is 7.49. The van der Waals surface area contributed by atoms with Crippen LogP contribution >= 0.6 is 15.9 Å². The first kappa shape index (κ1) is 18.9. The number of imide groups is 2. The fraction of sp³-hybridized carbons (Fsp3) is 0.0455. The average Bonchev–Trinajstić information content (AvgIpc) is 3.14. The normalized spacial score (nSPS) is 15.7. The van der Waals surface area contributed by atoms with Gasteiger partial charge in [-0.25, -0.2) is 9.69 Å². The van der Waals surface area contributed by atoms with E-state index in [0.29, 0.717) is 11.4 Å². The SMILES string of the molecule is Cc1cccc(N2C(=O)NC(=O)C(=Cc3cccn3-c3ccc(Br)cc3)C2=O)c1. The van der Waals surface area contributed by atoms with Gasteiger partial charge in [-0.3, -0.25) is 14.9 Å². The smallest absolute Gasteiger partial charge is 0.317 e. The Kier molecular flexibility index (Phi) is 4.90. The van der Waals surface area contributed by atoms with E-state index in [-0.39, 0.29) is 5.57 Å². The molecular weight excluding hydrogens is 434 g/mol. The standard InChI is InChI=1S/C22H16BrN3O3/c1-14-4-2-5-18(12-14)26-21(28)19(20(27)24-22(26)29)13-17-6-3-11-25(17)16-9-7-15(23)8-10-16/h2-13H,1H3,(H,24,27,29). The molecule has 4 amide bonds. The van der Waals surface area contributed by atoms with Crippen molar-refractivity contribution in [1.29, 1.82) is 0 Å². The molecule has 0 atom stereocenters. The van der Waals surface area contributed by atoms with Crippen LogP contribution in [0.3, 0.4) is 0 Å². The molecule has 1 aromatic heterocycles. The van der Waals surface area contributed by atoms with Crippen molar-refractivity contribution in [3.8, 4) is 5.69 Å². The van der Waals surface area contributed by atoms with Gasteiger partial charge in [0.15, 0.2) is 0 Å². The maximum Gasteiger partial charge on any atom is 0.335 e. The summed E-state index contributed by atoms with van der Waals surface area (Å²) in [5, 5.41) is 2.25. The number of halogens is 1. The van der Waals surface area contributed by atoms with Gasteiger partial charge in [-0.05, 0) is 67.1 Å². The number of barbiturate groups is 1. The summed E-state index contributed by atoms with van der Waals surface area (Å²) in [6.07, 6.45) is 3.33. The molecule has 0 bridgehead atoms. The molecule has 0 saturated carbocycles. The number of carbonyl (C=O) groups is 3. The number of hydrogen-bond donors (Lipinski definition) is 1. The topological polar surface area (TPSA) is 71.4 Å². The van der Waals surface area contributed by atoms with Crippen molar-refractivity contribution in [2.45, 2.75) is 6.92 Å². The van der Waals surface area contributed by atoms with E-state index in [1.54, 1.807) is 24.3 Å². The molecule has 29 heavy (non-hydrogen) atoms. The van der Waals surface area contributed by atoms with Crippen LogP contribution < -0.4 is 10.2 Å². The highest BCUT2D eigenvalue weighted by Gasteiger charge is 2.37. The highest BCUT2D eigenvalue weighted by molar-refractivity contribution is 9.10. The Morgan fingerprint density at radius 1 is 0.931 bits per heavy atom. The summed E-state index contributed by atoms with van der Waals surface area (Å²) in [6.45, 7) is 1.86. The molecular formula is C22H16BrN3O3. The van der Waals surface area contributed by atoms with Gasteiger partial charge in [0.05, 0.1) is 5.69 Å². The van der Waals surface area contributed by atoms with Gasteiger partial charge in [0.2, 0.25) is 0 Å². The van der Waals surface area contributed by atoms with Gasteiger partial charge in [-0.1, -0.05) is 28.1 Å². The first-order chi connectivity index (χ1) is 13.9. The number of aryl methyl sites for hydroxylation is 1. The molecule has 1 N–H and O–H groups in total. The van der Waals surface area contributed by atoms with Crippen molar-refractivity contribution < 1.29 is 14.4 Å². The van der Waals surface area contributed by atoms with Gasteiger partial charge < -0.3 is 4.57 Å². The van der Waals surface area contributed by atoms with Gasteiger partial charge in [-0.15, -0.1) is 0 Å². The number of hydrogen-bond acceptors (Lipinski definition) is 3. The van der Waals surface area contributed by atoms with Crippen LogP contribution in [0.5, 0.6) is 0 Å². The number of anilines is 1. The largest absolute Gasteiger partial charge is 0.335 e.